The Labute approximate surface area is 235 Å². The molecule has 1 nitrogen and oxygen atoms in total. The van der Waals surface area contributed by atoms with E-state index in [4.69, 9.17) is 0 Å². The number of hydrogen-bond acceptors (Lipinski definition) is 1. The SMILES string of the molecule is C[C@@H]1Cc2c(c3ccccc3n2C2=CC(c3ccccc3)CCC2)C=C1c1cccc2c1SC1C=CC=CC21. The topological polar surface area (TPSA) is 4.93 Å². The molecule has 0 fully saturated rings. The zero-order chi connectivity index (χ0) is 25.9. The van der Waals surface area contributed by atoms with Crippen molar-refractivity contribution in [3.05, 3.63) is 131 Å². The highest BCUT2D eigenvalue weighted by molar-refractivity contribution is 8.00. The van der Waals surface area contributed by atoms with Crippen molar-refractivity contribution in [3.63, 3.8) is 0 Å². The summed E-state index contributed by atoms with van der Waals surface area (Å²) < 4.78 is 2.64. The predicted octanol–water partition coefficient (Wildman–Crippen LogP) is 9.87. The highest BCUT2D eigenvalue weighted by atomic mass is 32.2. The lowest BCUT2D eigenvalue weighted by Gasteiger charge is -2.28. The number of para-hydroxylation sites is 1. The molecule has 0 bridgehead atoms. The van der Waals surface area contributed by atoms with Crippen LogP contribution in [0.15, 0.2) is 108 Å². The minimum absolute atomic E-state index is 0.468. The zero-order valence-corrected chi connectivity index (χ0v) is 23.2. The molecule has 0 saturated heterocycles. The smallest absolute Gasteiger partial charge is 0.0534 e. The lowest BCUT2D eigenvalue weighted by molar-refractivity contribution is 0.640. The van der Waals surface area contributed by atoms with Crippen LogP contribution >= 0.6 is 11.8 Å². The summed E-state index contributed by atoms with van der Waals surface area (Å²) in [5.74, 6) is 1.47. The van der Waals surface area contributed by atoms with E-state index in [1.807, 2.05) is 0 Å². The van der Waals surface area contributed by atoms with E-state index < -0.39 is 0 Å². The van der Waals surface area contributed by atoms with Gasteiger partial charge in [-0.2, -0.15) is 0 Å². The highest BCUT2D eigenvalue weighted by Gasteiger charge is 2.35. The van der Waals surface area contributed by atoms with Crippen molar-refractivity contribution < 1.29 is 0 Å². The van der Waals surface area contributed by atoms with Gasteiger partial charge in [0, 0.05) is 44.3 Å². The maximum atomic E-state index is 2.64. The molecule has 0 N–H and O–H groups in total. The molecule has 2 heteroatoms. The lowest BCUT2D eigenvalue weighted by Crippen LogP contribution is -2.15. The van der Waals surface area contributed by atoms with E-state index in [0.717, 1.165) is 12.8 Å². The Morgan fingerprint density at radius 3 is 2.64 bits per heavy atom. The summed E-state index contributed by atoms with van der Waals surface area (Å²) in [4.78, 5) is 1.50. The highest BCUT2D eigenvalue weighted by Crippen LogP contribution is 2.52. The van der Waals surface area contributed by atoms with E-state index >= 15 is 0 Å². The minimum atomic E-state index is 0.468. The summed E-state index contributed by atoms with van der Waals surface area (Å²) in [6, 6.07) is 27.2. The largest absolute Gasteiger partial charge is 0.317 e. The summed E-state index contributed by atoms with van der Waals surface area (Å²) in [5.41, 5.74) is 11.7. The first-order valence-corrected chi connectivity index (χ1v) is 15.4. The first-order valence-electron chi connectivity index (χ1n) is 14.5. The van der Waals surface area contributed by atoms with Crippen molar-refractivity contribution in [1.29, 1.82) is 0 Å². The molecule has 3 unspecified atom stereocenters. The van der Waals surface area contributed by atoms with Crippen molar-refractivity contribution in [2.24, 2.45) is 5.92 Å². The molecule has 0 spiro atoms. The summed E-state index contributed by atoms with van der Waals surface area (Å²) in [7, 11) is 0. The second kappa shape index (κ2) is 9.31. The molecule has 1 aliphatic heterocycles. The molecule has 3 aromatic carbocycles. The maximum absolute atomic E-state index is 2.64. The number of thioether (sulfide) groups is 1. The summed E-state index contributed by atoms with van der Waals surface area (Å²) in [6.07, 6.45) is 19.0. The van der Waals surface area contributed by atoms with Crippen LogP contribution in [-0.4, -0.2) is 9.82 Å². The Balaban J connectivity index is 1.27. The quantitative estimate of drug-likeness (QED) is 0.259. The van der Waals surface area contributed by atoms with Crippen molar-refractivity contribution in [3.8, 4) is 0 Å². The van der Waals surface area contributed by atoms with Crippen molar-refractivity contribution in [2.75, 3.05) is 0 Å². The van der Waals surface area contributed by atoms with Crippen LogP contribution < -0.4 is 0 Å². The van der Waals surface area contributed by atoms with Crippen LogP contribution in [0, 0.1) is 5.92 Å². The third-order valence-electron chi connectivity index (χ3n) is 9.26. The Bertz CT molecular complexity index is 1710. The van der Waals surface area contributed by atoms with Gasteiger partial charge >= 0.3 is 0 Å². The molecule has 1 aromatic heterocycles. The molecule has 0 radical (unpaired) electrons. The van der Waals surface area contributed by atoms with E-state index in [2.05, 4.69) is 133 Å². The van der Waals surface area contributed by atoms with E-state index in [9.17, 15) is 0 Å². The average molecular weight is 524 g/mol. The van der Waals surface area contributed by atoms with Crippen LogP contribution in [0.25, 0.3) is 28.2 Å². The van der Waals surface area contributed by atoms with Gasteiger partial charge in [-0.15, -0.1) is 11.8 Å². The fourth-order valence-corrected chi connectivity index (χ4v) is 8.87. The molecule has 39 heavy (non-hydrogen) atoms. The number of hydrogen-bond donors (Lipinski definition) is 0. The van der Waals surface area contributed by atoms with E-state index in [1.54, 1.807) is 0 Å². The third-order valence-corrected chi connectivity index (χ3v) is 10.7. The number of benzene rings is 3. The van der Waals surface area contributed by atoms with Gasteiger partial charge in [0.2, 0.25) is 0 Å². The number of fused-ring (bicyclic) bond motifs is 6. The average Bonchev–Trinajstić information content (AvgIpc) is 3.53. The first-order chi connectivity index (χ1) is 19.3. The van der Waals surface area contributed by atoms with Crippen molar-refractivity contribution in [2.45, 2.75) is 54.6 Å². The molecule has 4 aliphatic rings. The molecule has 4 atom stereocenters. The van der Waals surface area contributed by atoms with E-state index in [1.165, 1.54) is 67.9 Å². The van der Waals surface area contributed by atoms with Crippen LogP contribution in [0.2, 0.25) is 0 Å². The van der Waals surface area contributed by atoms with Gasteiger partial charge in [0.1, 0.15) is 0 Å². The predicted molar refractivity (Wildman–Crippen MR) is 167 cm³/mol. The molecule has 0 amide bonds. The normalized spacial score (nSPS) is 25.2. The maximum Gasteiger partial charge on any atom is 0.0534 e. The van der Waals surface area contributed by atoms with Gasteiger partial charge in [0.15, 0.2) is 0 Å². The fraction of sp³-hybridized carbons (Fsp3) is 0.243. The van der Waals surface area contributed by atoms with Crippen LogP contribution in [-0.2, 0) is 6.42 Å². The molecule has 3 aliphatic carbocycles. The molecule has 8 rings (SSSR count). The Hall–Kier alpha value is -3.49. The molecule has 2 heterocycles. The van der Waals surface area contributed by atoms with Crippen LogP contribution in [0.5, 0.6) is 0 Å². The number of allylic oxidation sites excluding steroid dienone is 6. The molecular weight excluding hydrogens is 490 g/mol. The zero-order valence-electron chi connectivity index (χ0n) is 22.4. The standard InChI is InChI=1S/C37H33NS/c1-24-21-35-33(23-32(24)31-18-10-17-30-29-16-6-8-20-36(29)39-37(30)31)28-15-5-7-19-34(28)38(35)27-14-9-13-26(22-27)25-11-3-2-4-12-25/h2-8,10-12,15-20,22-24,26,29,36H,9,13-14,21H2,1H3/t24-,26?,29?,36?/m1/s1. The second-order valence-electron chi connectivity index (χ2n) is 11.6. The lowest BCUT2D eigenvalue weighted by atomic mass is 9.82. The van der Waals surface area contributed by atoms with Gasteiger partial charge < -0.3 is 4.57 Å². The first kappa shape index (κ1) is 23.4. The molecule has 192 valence electrons. The molecular formula is C37H33NS. The van der Waals surface area contributed by atoms with Gasteiger partial charge in [-0.25, -0.2) is 0 Å². The van der Waals surface area contributed by atoms with Gasteiger partial charge in [-0.05, 0) is 66.0 Å². The van der Waals surface area contributed by atoms with Crippen LogP contribution in [0.3, 0.4) is 0 Å². The van der Waals surface area contributed by atoms with Gasteiger partial charge in [0.05, 0.1) is 5.52 Å². The fourth-order valence-electron chi connectivity index (χ4n) is 7.39. The number of nitrogens with zero attached hydrogens (tertiary/aromatic N) is 1. The summed E-state index contributed by atoms with van der Waals surface area (Å²) >= 11 is 2.06. The summed E-state index contributed by atoms with van der Waals surface area (Å²) in [5, 5.41) is 1.92. The summed E-state index contributed by atoms with van der Waals surface area (Å²) in [6.45, 7) is 2.44. The Morgan fingerprint density at radius 1 is 0.872 bits per heavy atom. The van der Waals surface area contributed by atoms with Crippen LogP contribution in [0.1, 0.15) is 66.0 Å². The van der Waals surface area contributed by atoms with Crippen molar-refractivity contribution >= 4 is 40.0 Å². The second-order valence-corrected chi connectivity index (χ2v) is 12.8. The molecule has 0 saturated carbocycles. The van der Waals surface area contributed by atoms with Gasteiger partial charge in [-0.1, -0.05) is 104 Å². The van der Waals surface area contributed by atoms with E-state index in [0.29, 0.717) is 23.0 Å². The van der Waals surface area contributed by atoms with Gasteiger partial charge in [-0.3, -0.25) is 0 Å². The number of rotatable bonds is 3. The van der Waals surface area contributed by atoms with Crippen molar-refractivity contribution in [1.82, 2.24) is 4.57 Å². The van der Waals surface area contributed by atoms with Gasteiger partial charge in [0.25, 0.3) is 0 Å². The number of aromatic nitrogens is 1. The monoisotopic (exact) mass is 523 g/mol. The minimum Gasteiger partial charge on any atom is -0.317 e. The molecule has 4 aromatic rings. The van der Waals surface area contributed by atoms with E-state index in [-0.39, 0.29) is 0 Å². The van der Waals surface area contributed by atoms with Crippen LogP contribution in [0.4, 0.5) is 0 Å². The Morgan fingerprint density at radius 2 is 1.72 bits per heavy atom. The third kappa shape index (κ3) is 3.76. The Kier molecular flexibility index (Phi) is 5.59.